The van der Waals surface area contributed by atoms with Crippen molar-refractivity contribution in [2.45, 2.75) is 38.4 Å². The summed E-state index contributed by atoms with van der Waals surface area (Å²) in [6.45, 7) is 5.53. The van der Waals surface area contributed by atoms with Gasteiger partial charge in [0.15, 0.2) is 0 Å². The van der Waals surface area contributed by atoms with Crippen LogP contribution in [0.25, 0.3) is 0 Å². The molecule has 2 rings (SSSR count). The molecule has 2 nitrogen and oxygen atoms in total. The number of piperazine rings is 1. The van der Waals surface area contributed by atoms with E-state index < -0.39 is 11.7 Å². The highest BCUT2D eigenvalue weighted by Crippen LogP contribution is 2.36. The molecule has 0 saturated carbocycles. The molecule has 0 amide bonds. The molecule has 0 aliphatic carbocycles. The minimum absolute atomic E-state index is 0. The number of nitrogens with one attached hydrogen (secondary N) is 1. The first-order chi connectivity index (χ1) is 10.4. The minimum atomic E-state index is -4.36. The van der Waals surface area contributed by atoms with E-state index in [1.54, 1.807) is 6.07 Å². The molecule has 7 heteroatoms. The maximum Gasteiger partial charge on any atom is 0.416 e. The summed E-state index contributed by atoms with van der Waals surface area (Å²) in [4.78, 5) is 2.26. The van der Waals surface area contributed by atoms with E-state index >= 15 is 0 Å². The van der Waals surface area contributed by atoms with E-state index in [0.717, 1.165) is 51.5 Å². The van der Waals surface area contributed by atoms with Gasteiger partial charge in [0.2, 0.25) is 0 Å². The van der Waals surface area contributed by atoms with E-state index in [-0.39, 0.29) is 23.5 Å². The third kappa shape index (κ3) is 5.82. The standard InChI is InChI=1S/C16H22ClF3N2.ClH/c1-2-3-4-15(22-7-5-21-6-8-22)12-9-13(16(18,19)20)11-14(17)10-12;/h9-11,15,21H,2-8H2,1H3;1H/t15-;/m1./s1. The first kappa shape index (κ1) is 20.6. The summed E-state index contributed by atoms with van der Waals surface area (Å²) >= 11 is 5.94. The van der Waals surface area contributed by atoms with Crippen LogP contribution in [0.2, 0.25) is 5.02 Å². The Morgan fingerprint density at radius 1 is 1.22 bits per heavy atom. The van der Waals surface area contributed by atoms with Crippen LogP contribution in [0.3, 0.4) is 0 Å². The molecule has 1 saturated heterocycles. The monoisotopic (exact) mass is 370 g/mol. The Labute approximate surface area is 146 Å². The lowest BCUT2D eigenvalue weighted by molar-refractivity contribution is -0.137. The molecule has 0 radical (unpaired) electrons. The number of alkyl halides is 3. The lowest BCUT2D eigenvalue weighted by Crippen LogP contribution is -2.45. The summed E-state index contributed by atoms with van der Waals surface area (Å²) in [6, 6.07) is 3.94. The van der Waals surface area contributed by atoms with E-state index in [9.17, 15) is 13.2 Å². The van der Waals surface area contributed by atoms with E-state index in [1.807, 2.05) is 0 Å². The first-order valence-electron chi connectivity index (χ1n) is 7.74. The van der Waals surface area contributed by atoms with Gasteiger partial charge in [-0.25, -0.2) is 0 Å². The van der Waals surface area contributed by atoms with Crippen molar-refractivity contribution in [3.63, 3.8) is 0 Å². The molecule has 23 heavy (non-hydrogen) atoms. The van der Waals surface area contributed by atoms with E-state index in [0.29, 0.717) is 5.56 Å². The number of rotatable bonds is 5. The van der Waals surface area contributed by atoms with Crippen LogP contribution in [0.5, 0.6) is 0 Å². The Hall–Kier alpha value is -0.490. The molecule has 1 heterocycles. The first-order valence-corrected chi connectivity index (χ1v) is 8.12. The van der Waals surface area contributed by atoms with Crippen molar-refractivity contribution < 1.29 is 13.2 Å². The fraction of sp³-hybridized carbons (Fsp3) is 0.625. The van der Waals surface area contributed by atoms with Crippen LogP contribution in [0.4, 0.5) is 13.2 Å². The quantitative estimate of drug-likeness (QED) is 0.791. The number of hydrogen-bond donors (Lipinski definition) is 1. The highest BCUT2D eigenvalue weighted by atomic mass is 35.5. The normalized spacial score (nSPS) is 17.6. The molecule has 1 aliphatic heterocycles. The van der Waals surface area contributed by atoms with Gasteiger partial charge in [-0.1, -0.05) is 31.4 Å². The molecule has 1 aliphatic rings. The Balaban J connectivity index is 0.00000264. The Morgan fingerprint density at radius 2 is 1.87 bits per heavy atom. The van der Waals surface area contributed by atoms with Crippen LogP contribution >= 0.6 is 24.0 Å². The summed E-state index contributed by atoms with van der Waals surface area (Å²) < 4.78 is 39.1. The van der Waals surface area contributed by atoms with Gasteiger partial charge in [0.1, 0.15) is 0 Å². The zero-order chi connectivity index (χ0) is 16.2. The predicted molar refractivity (Wildman–Crippen MR) is 90.4 cm³/mol. The van der Waals surface area contributed by atoms with Gasteiger partial charge in [-0.05, 0) is 30.2 Å². The molecule has 132 valence electrons. The fourth-order valence-corrected chi connectivity index (χ4v) is 3.16. The summed E-state index contributed by atoms with van der Waals surface area (Å²) in [5.41, 5.74) is 0.0156. The zero-order valence-corrected chi connectivity index (χ0v) is 14.7. The largest absolute Gasteiger partial charge is 0.416 e. The van der Waals surface area contributed by atoms with Crippen molar-refractivity contribution in [1.82, 2.24) is 10.2 Å². The lowest BCUT2D eigenvalue weighted by Gasteiger charge is -2.35. The van der Waals surface area contributed by atoms with Crippen molar-refractivity contribution in [2.75, 3.05) is 26.2 Å². The Kier molecular flexibility index (Phi) is 8.14. The van der Waals surface area contributed by atoms with Crippen molar-refractivity contribution >= 4 is 24.0 Å². The highest BCUT2D eigenvalue weighted by Gasteiger charge is 2.32. The van der Waals surface area contributed by atoms with Gasteiger partial charge in [0.25, 0.3) is 0 Å². The zero-order valence-electron chi connectivity index (χ0n) is 13.1. The molecular weight excluding hydrogens is 348 g/mol. The van der Waals surface area contributed by atoms with Crippen LogP contribution in [-0.2, 0) is 6.18 Å². The third-order valence-electron chi connectivity index (χ3n) is 4.06. The number of halogens is 5. The van der Waals surface area contributed by atoms with Crippen LogP contribution in [0.1, 0.15) is 43.4 Å². The average Bonchev–Trinajstić information content (AvgIpc) is 2.47. The maximum atomic E-state index is 13.0. The molecular formula is C16H23Cl2F3N2. The minimum Gasteiger partial charge on any atom is -0.314 e. The van der Waals surface area contributed by atoms with Gasteiger partial charge >= 0.3 is 6.18 Å². The number of unbranched alkanes of at least 4 members (excludes halogenated alkanes) is 1. The predicted octanol–water partition coefficient (Wildman–Crippen LogP) is 4.92. The second-order valence-corrected chi connectivity index (χ2v) is 6.15. The summed E-state index contributed by atoms with van der Waals surface area (Å²) in [5, 5.41) is 3.43. The lowest BCUT2D eigenvalue weighted by atomic mass is 9.97. The van der Waals surface area contributed by atoms with E-state index in [1.165, 1.54) is 6.07 Å². The molecule has 0 unspecified atom stereocenters. The SMILES string of the molecule is CCCC[C@H](c1cc(Cl)cc(C(F)(F)F)c1)N1CCNCC1.Cl. The van der Waals surface area contributed by atoms with Crippen molar-refractivity contribution in [2.24, 2.45) is 0 Å². The second-order valence-electron chi connectivity index (χ2n) is 5.71. The average molecular weight is 371 g/mol. The maximum absolute atomic E-state index is 13.0. The Morgan fingerprint density at radius 3 is 2.43 bits per heavy atom. The second kappa shape index (κ2) is 9.11. The number of nitrogens with zero attached hydrogens (tertiary/aromatic N) is 1. The summed E-state index contributed by atoms with van der Waals surface area (Å²) in [5.74, 6) is 0. The topological polar surface area (TPSA) is 15.3 Å². The number of benzene rings is 1. The molecule has 0 bridgehead atoms. The van der Waals surface area contributed by atoms with Crippen LogP contribution in [0.15, 0.2) is 18.2 Å². The highest BCUT2D eigenvalue weighted by molar-refractivity contribution is 6.30. The summed E-state index contributed by atoms with van der Waals surface area (Å²) in [7, 11) is 0. The van der Waals surface area contributed by atoms with E-state index in [2.05, 4.69) is 17.1 Å². The van der Waals surface area contributed by atoms with Crippen molar-refractivity contribution in [3.8, 4) is 0 Å². The Bertz CT molecular complexity index is 489. The molecule has 0 aromatic heterocycles. The van der Waals surface area contributed by atoms with Crippen molar-refractivity contribution in [1.29, 1.82) is 0 Å². The van der Waals surface area contributed by atoms with Crippen molar-refractivity contribution in [3.05, 3.63) is 34.3 Å². The van der Waals surface area contributed by atoms with Gasteiger partial charge in [-0.15, -0.1) is 12.4 Å². The molecule has 1 atom stereocenters. The molecule has 1 N–H and O–H groups in total. The van der Waals surface area contributed by atoms with Crippen LogP contribution < -0.4 is 5.32 Å². The smallest absolute Gasteiger partial charge is 0.314 e. The van der Waals surface area contributed by atoms with Crippen LogP contribution in [-0.4, -0.2) is 31.1 Å². The molecule has 1 aromatic rings. The third-order valence-corrected chi connectivity index (χ3v) is 4.27. The van der Waals surface area contributed by atoms with Gasteiger partial charge in [-0.2, -0.15) is 13.2 Å². The van der Waals surface area contributed by atoms with Gasteiger partial charge < -0.3 is 5.32 Å². The van der Waals surface area contributed by atoms with Gasteiger partial charge in [-0.3, -0.25) is 4.90 Å². The fourth-order valence-electron chi connectivity index (χ4n) is 2.92. The van der Waals surface area contributed by atoms with E-state index in [4.69, 9.17) is 11.6 Å². The molecule has 1 fully saturated rings. The van der Waals surface area contributed by atoms with Crippen LogP contribution in [0, 0.1) is 0 Å². The van der Waals surface area contributed by atoms with Gasteiger partial charge in [0.05, 0.1) is 5.56 Å². The summed E-state index contributed by atoms with van der Waals surface area (Å²) in [6.07, 6.45) is -1.50. The van der Waals surface area contributed by atoms with Gasteiger partial charge in [0, 0.05) is 37.2 Å². The molecule has 1 aromatic carbocycles. The molecule has 0 spiro atoms. The number of hydrogen-bond acceptors (Lipinski definition) is 2.